The lowest BCUT2D eigenvalue weighted by Crippen LogP contribution is -2.22. The number of rotatable bonds is 6. The summed E-state index contributed by atoms with van der Waals surface area (Å²) in [7, 11) is 0. The van der Waals surface area contributed by atoms with Crippen molar-refractivity contribution >= 4 is 11.6 Å². The quantitative estimate of drug-likeness (QED) is 0.214. The van der Waals surface area contributed by atoms with Gasteiger partial charge in [-0.05, 0) is 70.1 Å². The third-order valence-electron chi connectivity index (χ3n) is 5.37. The Labute approximate surface area is 196 Å². The molecule has 4 aromatic rings. The van der Waals surface area contributed by atoms with Crippen molar-refractivity contribution in [2.24, 2.45) is 0 Å². The van der Waals surface area contributed by atoms with Crippen LogP contribution in [0.15, 0.2) is 60.7 Å². The Hall–Kier alpha value is -4.74. The number of nitro groups is 2. The minimum atomic E-state index is -1.03. The molecule has 0 amide bonds. The molecule has 0 aliphatic carbocycles. The summed E-state index contributed by atoms with van der Waals surface area (Å²) in [5.41, 5.74) is 0.596. The molecule has 0 fully saturated rings. The lowest BCUT2D eigenvalue weighted by atomic mass is 9.84. The molecular weight excluding hydrogens is 462 g/mol. The van der Waals surface area contributed by atoms with E-state index in [1.807, 2.05) is 13.8 Å². The van der Waals surface area contributed by atoms with E-state index in [0.29, 0.717) is 11.4 Å². The first-order valence-electron chi connectivity index (χ1n) is 10.2. The van der Waals surface area contributed by atoms with Crippen LogP contribution in [-0.2, 0) is 5.41 Å². The molecule has 4 heterocycles. The van der Waals surface area contributed by atoms with Crippen LogP contribution in [0.4, 0.5) is 20.4 Å². The Balaban J connectivity index is 1.72. The third-order valence-corrected chi connectivity index (χ3v) is 5.37. The standard InChI is InChI=1S/C23H16F2N6O4/c1-23(2,17-7-3-5-15(26-17)13-9-11-19(30(32)33)28-21(13)24)18-8-4-6-16(27-18)14-10-12-20(31(34)35)29-22(14)25/h3-12H,1-2H3. The Bertz CT molecular complexity index is 1370. The molecule has 0 aliphatic heterocycles. The number of aromatic nitrogens is 4. The summed E-state index contributed by atoms with van der Waals surface area (Å²) in [5, 5.41) is 21.7. The first kappa shape index (κ1) is 23.4. The van der Waals surface area contributed by atoms with Crippen LogP contribution in [0.2, 0.25) is 0 Å². The van der Waals surface area contributed by atoms with E-state index in [0.717, 1.165) is 12.1 Å². The van der Waals surface area contributed by atoms with E-state index in [4.69, 9.17) is 0 Å². The second kappa shape index (κ2) is 8.89. The van der Waals surface area contributed by atoms with Gasteiger partial charge in [0.15, 0.2) is 0 Å². The third kappa shape index (κ3) is 4.53. The molecule has 0 bridgehead atoms. The van der Waals surface area contributed by atoms with Crippen molar-refractivity contribution < 1.29 is 18.6 Å². The maximum absolute atomic E-state index is 14.5. The number of pyridine rings is 4. The topological polar surface area (TPSA) is 138 Å². The van der Waals surface area contributed by atoms with Gasteiger partial charge in [-0.1, -0.05) is 12.1 Å². The Morgan fingerprint density at radius 2 is 1.06 bits per heavy atom. The molecule has 4 rings (SSSR count). The van der Waals surface area contributed by atoms with Gasteiger partial charge in [-0.25, -0.2) is 0 Å². The molecule has 0 N–H and O–H groups in total. The van der Waals surface area contributed by atoms with Crippen molar-refractivity contribution in [3.63, 3.8) is 0 Å². The molecule has 0 aliphatic rings. The summed E-state index contributed by atoms with van der Waals surface area (Å²) in [6.45, 7) is 3.64. The average molecular weight is 478 g/mol. The fraction of sp³-hybridized carbons (Fsp3) is 0.130. The van der Waals surface area contributed by atoms with Gasteiger partial charge in [0.25, 0.3) is 0 Å². The van der Waals surface area contributed by atoms with E-state index in [1.54, 1.807) is 36.4 Å². The molecule has 4 aromatic heterocycles. The van der Waals surface area contributed by atoms with Crippen molar-refractivity contribution in [3.05, 3.63) is 104 Å². The van der Waals surface area contributed by atoms with Gasteiger partial charge < -0.3 is 20.2 Å². The van der Waals surface area contributed by atoms with Gasteiger partial charge in [0, 0.05) is 17.5 Å². The van der Waals surface area contributed by atoms with Crippen molar-refractivity contribution in [1.29, 1.82) is 0 Å². The molecular formula is C23H16F2N6O4. The van der Waals surface area contributed by atoms with Crippen LogP contribution in [0.5, 0.6) is 0 Å². The Morgan fingerprint density at radius 1 is 0.657 bits per heavy atom. The van der Waals surface area contributed by atoms with Crippen molar-refractivity contribution in [3.8, 4) is 22.5 Å². The molecule has 176 valence electrons. The fourth-order valence-corrected chi connectivity index (χ4v) is 3.43. The van der Waals surface area contributed by atoms with Gasteiger partial charge in [-0.2, -0.15) is 8.78 Å². The molecule has 0 spiro atoms. The van der Waals surface area contributed by atoms with Crippen LogP contribution in [0.25, 0.3) is 22.5 Å². The predicted octanol–water partition coefficient (Wildman–Crippen LogP) is 5.02. The second-order valence-corrected chi connectivity index (χ2v) is 7.97. The molecule has 0 aromatic carbocycles. The zero-order valence-electron chi connectivity index (χ0n) is 18.3. The molecule has 0 unspecified atom stereocenters. The first-order chi connectivity index (χ1) is 16.6. The highest BCUT2D eigenvalue weighted by Gasteiger charge is 2.28. The van der Waals surface area contributed by atoms with E-state index in [1.165, 1.54) is 12.1 Å². The number of hydrogen-bond acceptors (Lipinski definition) is 8. The lowest BCUT2D eigenvalue weighted by molar-refractivity contribution is -0.390. The summed E-state index contributed by atoms with van der Waals surface area (Å²) in [5.74, 6) is -3.28. The van der Waals surface area contributed by atoms with E-state index in [-0.39, 0.29) is 22.5 Å². The van der Waals surface area contributed by atoms with Crippen molar-refractivity contribution in [2.75, 3.05) is 0 Å². The molecule has 35 heavy (non-hydrogen) atoms. The smallest absolute Gasteiger partial charge is 0.358 e. The number of nitrogens with zero attached hydrogens (tertiary/aromatic N) is 6. The minimum absolute atomic E-state index is 0.00557. The summed E-state index contributed by atoms with van der Waals surface area (Å²) in [4.78, 5) is 35.9. The van der Waals surface area contributed by atoms with Gasteiger partial charge in [0.05, 0.1) is 33.9 Å². The zero-order chi connectivity index (χ0) is 25.3. The van der Waals surface area contributed by atoms with E-state index >= 15 is 0 Å². The summed E-state index contributed by atoms with van der Waals surface area (Å²) < 4.78 is 28.9. The second-order valence-electron chi connectivity index (χ2n) is 7.97. The van der Waals surface area contributed by atoms with Crippen LogP contribution in [-0.4, -0.2) is 29.8 Å². The summed E-state index contributed by atoms with van der Waals surface area (Å²) >= 11 is 0. The van der Waals surface area contributed by atoms with Crippen LogP contribution in [0.3, 0.4) is 0 Å². The normalized spacial score (nSPS) is 11.3. The SMILES string of the molecule is CC(C)(c1cccc(-c2ccc([N+](=O)[O-])nc2F)n1)c1cccc(-c2ccc([N+](=O)[O-])nc2F)n1. The molecule has 12 heteroatoms. The Morgan fingerprint density at radius 3 is 1.40 bits per heavy atom. The monoisotopic (exact) mass is 478 g/mol. The number of hydrogen-bond donors (Lipinski definition) is 0. The summed E-state index contributed by atoms with van der Waals surface area (Å²) in [6, 6.07) is 14.5. The van der Waals surface area contributed by atoms with Gasteiger partial charge in [-0.15, -0.1) is 0 Å². The van der Waals surface area contributed by atoms with Crippen molar-refractivity contribution in [1.82, 2.24) is 19.9 Å². The van der Waals surface area contributed by atoms with Crippen molar-refractivity contribution in [2.45, 2.75) is 19.3 Å². The molecule has 0 radical (unpaired) electrons. The molecule has 0 saturated heterocycles. The first-order valence-corrected chi connectivity index (χ1v) is 10.2. The highest BCUT2D eigenvalue weighted by molar-refractivity contribution is 5.61. The average Bonchev–Trinajstić information content (AvgIpc) is 2.84. The molecule has 0 saturated carbocycles. The van der Waals surface area contributed by atoms with E-state index < -0.39 is 38.8 Å². The zero-order valence-corrected chi connectivity index (χ0v) is 18.3. The molecule has 0 atom stereocenters. The van der Waals surface area contributed by atoms with E-state index in [2.05, 4.69) is 19.9 Å². The van der Waals surface area contributed by atoms with Crippen LogP contribution in [0, 0.1) is 32.1 Å². The van der Waals surface area contributed by atoms with Crippen LogP contribution in [0.1, 0.15) is 25.2 Å². The predicted molar refractivity (Wildman–Crippen MR) is 120 cm³/mol. The minimum Gasteiger partial charge on any atom is -0.358 e. The Kier molecular flexibility index (Phi) is 5.95. The summed E-state index contributed by atoms with van der Waals surface area (Å²) in [6.07, 6.45) is 0. The maximum atomic E-state index is 14.5. The lowest BCUT2D eigenvalue weighted by Gasteiger charge is -2.24. The van der Waals surface area contributed by atoms with Gasteiger partial charge in [0.2, 0.25) is 0 Å². The highest BCUT2D eigenvalue weighted by atomic mass is 19.1. The van der Waals surface area contributed by atoms with Crippen LogP contribution < -0.4 is 0 Å². The van der Waals surface area contributed by atoms with Gasteiger partial charge >= 0.3 is 23.5 Å². The van der Waals surface area contributed by atoms with E-state index in [9.17, 15) is 29.0 Å². The van der Waals surface area contributed by atoms with Crippen LogP contribution >= 0.6 is 0 Å². The van der Waals surface area contributed by atoms with Gasteiger partial charge in [0.1, 0.15) is 0 Å². The molecule has 10 nitrogen and oxygen atoms in total. The number of halogens is 2. The maximum Gasteiger partial charge on any atom is 0.366 e. The highest BCUT2D eigenvalue weighted by Crippen LogP contribution is 2.33. The fourth-order valence-electron chi connectivity index (χ4n) is 3.43. The van der Waals surface area contributed by atoms with Gasteiger partial charge in [-0.3, -0.25) is 9.97 Å². The largest absolute Gasteiger partial charge is 0.366 e.